The van der Waals surface area contributed by atoms with E-state index < -0.39 is 6.23 Å². The van der Waals surface area contributed by atoms with Crippen LogP contribution in [0, 0.1) is 0 Å². The fourth-order valence-electron chi connectivity index (χ4n) is 4.37. The zero-order valence-corrected chi connectivity index (χ0v) is 19.0. The van der Waals surface area contributed by atoms with E-state index in [1.54, 1.807) is 6.07 Å². The Morgan fingerprint density at radius 2 is 1.94 bits per heavy atom. The van der Waals surface area contributed by atoms with Gasteiger partial charge in [0.15, 0.2) is 0 Å². The van der Waals surface area contributed by atoms with Crippen molar-refractivity contribution in [2.24, 2.45) is 0 Å². The summed E-state index contributed by atoms with van der Waals surface area (Å²) in [6.45, 7) is 1.96. The fourth-order valence-corrected chi connectivity index (χ4v) is 4.77. The normalized spacial score (nSPS) is 16.6. The van der Waals surface area contributed by atoms with Gasteiger partial charge in [0.05, 0.1) is 33.9 Å². The van der Waals surface area contributed by atoms with Crippen LogP contribution in [0.25, 0.3) is 21.9 Å². The Balaban J connectivity index is 1.16. The van der Waals surface area contributed by atoms with Crippen LogP contribution in [0.2, 0.25) is 10.0 Å². The van der Waals surface area contributed by atoms with Crippen molar-refractivity contribution in [3.8, 4) is 5.75 Å². The molecule has 1 aliphatic rings. The number of piperidine rings is 1. The number of hydrogen-bond acceptors (Lipinski definition) is 5. The number of likely N-dealkylation sites (tertiary alicyclic amines) is 1. The highest BCUT2D eigenvalue weighted by molar-refractivity contribution is 6.44. The quantitative estimate of drug-likeness (QED) is 0.395. The van der Waals surface area contributed by atoms with E-state index in [1.165, 1.54) is 0 Å². The molecular formula is C24H24Cl2N4O2. The number of aromatic nitrogens is 3. The second kappa shape index (κ2) is 9.24. The predicted octanol–water partition coefficient (Wildman–Crippen LogP) is 5.38. The van der Waals surface area contributed by atoms with Gasteiger partial charge in [-0.15, -0.1) is 0 Å². The topological polar surface area (TPSA) is 74.3 Å². The number of aromatic amines is 1. The molecule has 1 unspecified atom stereocenters. The number of rotatable bonds is 6. The average molecular weight is 471 g/mol. The van der Waals surface area contributed by atoms with Crippen molar-refractivity contribution in [2.75, 3.05) is 19.7 Å². The van der Waals surface area contributed by atoms with Crippen LogP contribution < -0.4 is 4.74 Å². The highest BCUT2D eigenvalue weighted by Crippen LogP contribution is 2.39. The number of benzene rings is 2. The maximum absolute atomic E-state index is 10.7. The second-order valence-electron chi connectivity index (χ2n) is 8.15. The summed E-state index contributed by atoms with van der Waals surface area (Å²) in [5.41, 5.74) is 3.75. The third-order valence-corrected chi connectivity index (χ3v) is 6.93. The van der Waals surface area contributed by atoms with Crippen molar-refractivity contribution in [1.29, 1.82) is 0 Å². The molecule has 0 bridgehead atoms. The maximum atomic E-state index is 10.7. The van der Waals surface area contributed by atoms with Gasteiger partial charge in [-0.25, -0.2) is 4.98 Å². The SMILES string of the molecule is OC(CCOc1c(Cl)c(Cl)cc2[nH]ccc12)N1CCC(c2cnc3ccccc3n2)CC1. The number of hydrogen-bond donors (Lipinski definition) is 2. The van der Waals surface area contributed by atoms with Crippen molar-refractivity contribution < 1.29 is 9.84 Å². The molecule has 8 heteroatoms. The van der Waals surface area contributed by atoms with E-state index in [9.17, 15) is 5.11 Å². The summed E-state index contributed by atoms with van der Waals surface area (Å²) in [4.78, 5) is 14.6. The molecule has 2 aromatic carbocycles. The lowest BCUT2D eigenvalue weighted by Gasteiger charge is -2.34. The molecule has 3 heterocycles. The number of halogens is 2. The fraction of sp³-hybridized carbons (Fsp3) is 0.333. The number of nitrogens with one attached hydrogen (secondary N) is 1. The third-order valence-electron chi connectivity index (χ3n) is 6.16. The molecule has 0 saturated carbocycles. The number of nitrogens with zero attached hydrogens (tertiary/aromatic N) is 3. The molecule has 1 fully saturated rings. The largest absolute Gasteiger partial charge is 0.491 e. The summed E-state index contributed by atoms with van der Waals surface area (Å²) < 4.78 is 5.94. The molecule has 6 nitrogen and oxygen atoms in total. The Labute approximate surface area is 196 Å². The van der Waals surface area contributed by atoms with E-state index >= 15 is 0 Å². The second-order valence-corrected chi connectivity index (χ2v) is 8.94. The Bertz CT molecular complexity index is 1240. The van der Waals surface area contributed by atoms with Crippen LogP contribution in [0.1, 0.15) is 30.9 Å². The van der Waals surface area contributed by atoms with Crippen LogP contribution in [0.15, 0.2) is 48.8 Å². The molecule has 32 heavy (non-hydrogen) atoms. The number of ether oxygens (including phenoxy) is 1. The summed E-state index contributed by atoms with van der Waals surface area (Å²) in [5.74, 6) is 0.912. The lowest BCUT2D eigenvalue weighted by molar-refractivity contribution is -0.0236. The lowest BCUT2D eigenvalue weighted by atomic mass is 9.93. The van der Waals surface area contributed by atoms with Gasteiger partial charge in [0.2, 0.25) is 0 Å². The van der Waals surface area contributed by atoms with Crippen molar-refractivity contribution in [3.63, 3.8) is 0 Å². The van der Waals surface area contributed by atoms with Gasteiger partial charge in [0.25, 0.3) is 0 Å². The first-order valence-electron chi connectivity index (χ1n) is 10.8. The molecule has 166 valence electrons. The zero-order chi connectivity index (χ0) is 22.1. The Morgan fingerprint density at radius 3 is 2.75 bits per heavy atom. The number of aliphatic hydroxyl groups is 1. The van der Waals surface area contributed by atoms with E-state index in [0.29, 0.717) is 34.7 Å². The van der Waals surface area contributed by atoms with Gasteiger partial charge in [-0.3, -0.25) is 9.88 Å². The van der Waals surface area contributed by atoms with E-state index in [2.05, 4.69) is 14.9 Å². The van der Waals surface area contributed by atoms with Gasteiger partial charge >= 0.3 is 0 Å². The third kappa shape index (κ3) is 4.28. The van der Waals surface area contributed by atoms with Crippen LogP contribution in [0.3, 0.4) is 0 Å². The molecule has 4 aromatic rings. The molecule has 1 atom stereocenters. The van der Waals surface area contributed by atoms with Crippen molar-refractivity contribution in [1.82, 2.24) is 19.9 Å². The van der Waals surface area contributed by atoms with Crippen LogP contribution >= 0.6 is 23.2 Å². The van der Waals surface area contributed by atoms with Crippen LogP contribution in [-0.2, 0) is 0 Å². The Hall–Kier alpha value is -2.38. The van der Waals surface area contributed by atoms with Gasteiger partial charge in [0, 0.05) is 43.2 Å². The number of para-hydroxylation sites is 2. The molecular weight excluding hydrogens is 447 g/mol. The molecule has 5 rings (SSSR count). The molecule has 0 spiro atoms. The van der Waals surface area contributed by atoms with Crippen LogP contribution in [0.5, 0.6) is 5.75 Å². The van der Waals surface area contributed by atoms with Gasteiger partial charge in [-0.05, 0) is 37.1 Å². The first kappa shape index (κ1) is 21.5. The van der Waals surface area contributed by atoms with Crippen molar-refractivity contribution in [2.45, 2.75) is 31.4 Å². The first-order chi connectivity index (χ1) is 15.6. The summed E-state index contributed by atoms with van der Waals surface area (Å²) in [7, 11) is 0. The number of fused-ring (bicyclic) bond motifs is 2. The molecule has 0 radical (unpaired) electrons. The van der Waals surface area contributed by atoms with Crippen LogP contribution in [-0.4, -0.2) is 50.9 Å². The molecule has 1 saturated heterocycles. The summed E-state index contributed by atoms with van der Waals surface area (Å²) in [6.07, 6.45) is 5.50. The van der Waals surface area contributed by atoms with Crippen LogP contribution in [0.4, 0.5) is 0 Å². The van der Waals surface area contributed by atoms with Crippen molar-refractivity contribution in [3.05, 3.63) is 64.5 Å². The van der Waals surface area contributed by atoms with E-state index in [4.69, 9.17) is 32.9 Å². The van der Waals surface area contributed by atoms with Gasteiger partial charge in [0.1, 0.15) is 17.0 Å². The lowest BCUT2D eigenvalue weighted by Crippen LogP contribution is -2.41. The van der Waals surface area contributed by atoms with E-state index in [0.717, 1.165) is 53.6 Å². The summed E-state index contributed by atoms with van der Waals surface area (Å²) in [6, 6.07) is 11.6. The highest BCUT2D eigenvalue weighted by atomic mass is 35.5. The molecule has 1 aliphatic heterocycles. The number of H-pyrrole nitrogens is 1. The Kier molecular flexibility index (Phi) is 6.20. The molecule has 2 aromatic heterocycles. The summed E-state index contributed by atoms with van der Waals surface area (Å²) >= 11 is 12.6. The monoisotopic (exact) mass is 470 g/mol. The predicted molar refractivity (Wildman–Crippen MR) is 128 cm³/mol. The standard InChI is InChI=1S/C24H24Cl2N4O2/c25-17-13-20-16(5-9-27-20)24(23(17)26)32-12-8-22(31)30-10-6-15(7-11-30)21-14-28-18-3-1-2-4-19(18)29-21/h1-5,9,13-15,22,27,31H,6-8,10-12H2. The zero-order valence-electron chi connectivity index (χ0n) is 17.5. The van der Waals surface area contributed by atoms with E-state index in [-0.39, 0.29) is 0 Å². The Morgan fingerprint density at radius 1 is 1.16 bits per heavy atom. The van der Waals surface area contributed by atoms with Gasteiger partial charge < -0.3 is 14.8 Å². The first-order valence-corrected chi connectivity index (χ1v) is 11.6. The maximum Gasteiger partial charge on any atom is 0.148 e. The van der Waals surface area contributed by atoms with E-state index in [1.807, 2.05) is 42.7 Å². The van der Waals surface area contributed by atoms with Gasteiger partial charge in [-0.2, -0.15) is 0 Å². The number of aliphatic hydroxyl groups excluding tert-OH is 1. The van der Waals surface area contributed by atoms with Crippen molar-refractivity contribution >= 4 is 45.1 Å². The minimum Gasteiger partial charge on any atom is -0.491 e. The molecule has 0 aliphatic carbocycles. The summed E-state index contributed by atoms with van der Waals surface area (Å²) in [5, 5.41) is 12.4. The highest BCUT2D eigenvalue weighted by Gasteiger charge is 2.26. The smallest absolute Gasteiger partial charge is 0.148 e. The van der Waals surface area contributed by atoms with Gasteiger partial charge in [-0.1, -0.05) is 35.3 Å². The minimum absolute atomic E-state index is 0.345. The minimum atomic E-state index is -0.571. The average Bonchev–Trinajstić information content (AvgIpc) is 3.29. The molecule has 2 N–H and O–H groups in total. The molecule has 0 amide bonds.